The molecule has 0 unspecified atom stereocenters. The molecule has 0 aromatic carbocycles. The van der Waals surface area contributed by atoms with Gasteiger partial charge in [-0.1, -0.05) is 13.3 Å². The van der Waals surface area contributed by atoms with Crippen molar-refractivity contribution < 1.29 is 0 Å². The number of rotatable bonds is 3. The van der Waals surface area contributed by atoms with E-state index in [0.29, 0.717) is 5.69 Å². The molecular formula is C9H11N3. The Labute approximate surface area is 72.1 Å². The third-order valence-electron chi connectivity index (χ3n) is 1.61. The molecule has 0 bridgehead atoms. The van der Waals surface area contributed by atoms with Gasteiger partial charge in [-0.15, -0.1) is 0 Å². The van der Waals surface area contributed by atoms with Crippen molar-refractivity contribution in [2.75, 3.05) is 0 Å². The highest BCUT2D eigenvalue weighted by atomic mass is 14.8. The zero-order valence-corrected chi connectivity index (χ0v) is 7.12. The average Bonchev–Trinajstić information content (AvgIpc) is 2.15. The highest BCUT2D eigenvalue weighted by Gasteiger charge is 1.95. The zero-order chi connectivity index (χ0) is 8.81. The highest BCUT2D eigenvalue weighted by Crippen LogP contribution is 2.00. The van der Waals surface area contributed by atoms with Crippen LogP contribution in [-0.2, 0) is 6.42 Å². The van der Waals surface area contributed by atoms with Crippen LogP contribution in [0.25, 0.3) is 0 Å². The van der Waals surface area contributed by atoms with Crippen molar-refractivity contribution in [3.63, 3.8) is 0 Å². The quantitative estimate of drug-likeness (QED) is 0.677. The van der Waals surface area contributed by atoms with Crippen molar-refractivity contribution in [2.24, 2.45) is 0 Å². The highest BCUT2D eigenvalue weighted by molar-refractivity contribution is 5.16. The smallest absolute Gasteiger partial charge is 0.158 e. The van der Waals surface area contributed by atoms with Gasteiger partial charge in [0.2, 0.25) is 0 Å². The van der Waals surface area contributed by atoms with Crippen LogP contribution in [0, 0.1) is 11.3 Å². The van der Waals surface area contributed by atoms with Gasteiger partial charge in [0.25, 0.3) is 0 Å². The third-order valence-corrected chi connectivity index (χ3v) is 1.61. The van der Waals surface area contributed by atoms with Crippen LogP contribution < -0.4 is 0 Å². The third kappa shape index (κ3) is 2.31. The second kappa shape index (κ2) is 4.45. The molecule has 3 heteroatoms. The van der Waals surface area contributed by atoms with Crippen LogP contribution in [0.1, 0.15) is 31.2 Å². The average molecular weight is 161 g/mol. The Morgan fingerprint density at radius 1 is 1.42 bits per heavy atom. The number of hydrogen-bond donors (Lipinski definition) is 0. The van der Waals surface area contributed by atoms with E-state index in [2.05, 4.69) is 16.9 Å². The zero-order valence-electron chi connectivity index (χ0n) is 7.12. The van der Waals surface area contributed by atoms with Crippen molar-refractivity contribution in [2.45, 2.75) is 26.2 Å². The minimum Gasteiger partial charge on any atom is -0.257 e. The first kappa shape index (κ1) is 8.66. The van der Waals surface area contributed by atoms with Gasteiger partial charge in [0.05, 0.1) is 11.9 Å². The van der Waals surface area contributed by atoms with Gasteiger partial charge in [-0.3, -0.25) is 4.98 Å². The normalized spacial score (nSPS) is 9.33. The Morgan fingerprint density at radius 2 is 2.25 bits per heavy atom. The molecule has 1 aromatic rings. The maximum Gasteiger partial charge on any atom is 0.158 e. The summed E-state index contributed by atoms with van der Waals surface area (Å²) < 4.78 is 0. The number of aryl methyl sites for hydroxylation is 1. The lowest BCUT2D eigenvalue weighted by Gasteiger charge is -1.96. The minimum absolute atomic E-state index is 0.384. The molecule has 12 heavy (non-hydrogen) atoms. The SMILES string of the molecule is CCCCc1cnc(C#N)cn1. The van der Waals surface area contributed by atoms with E-state index in [0.717, 1.165) is 25.0 Å². The van der Waals surface area contributed by atoms with Crippen LogP contribution >= 0.6 is 0 Å². The van der Waals surface area contributed by atoms with E-state index in [9.17, 15) is 0 Å². The molecule has 0 radical (unpaired) electrons. The summed E-state index contributed by atoms with van der Waals surface area (Å²) in [5.41, 5.74) is 1.35. The van der Waals surface area contributed by atoms with Crippen LogP contribution in [0.15, 0.2) is 12.4 Å². The van der Waals surface area contributed by atoms with E-state index in [1.54, 1.807) is 6.20 Å². The van der Waals surface area contributed by atoms with Crippen molar-refractivity contribution in [1.29, 1.82) is 5.26 Å². The molecule has 1 heterocycles. The first-order valence-electron chi connectivity index (χ1n) is 4.08. The largest absolute Gasteiger partial charge is 0.257 e. The van der Waals surface area contributed by atoms with Gasteiger partial charge in [-0.05, 0) is 12.8 Å². The Kier molecular flexibility index (Phi) is 3.21. The predicted molar refractivity (Wildman–Crippen MR) is 45.4 cm³/mol. The maximum atomic E-state index is 8.45. The van der Waals surface area contributed by atoms with E-state index in [1.165, 1.54) is 6.20 Å². The molecule has 3 nitrogen and oxygen atoms in total. The second-order valence-corrected chi connectivity index (χ2v) is 2.61. The van der Waals surface area contributed by atoms with Gasteiger partial charge in [0.1, 0.15) is 6.07 Å². The fourth-order valence-corrected chi connectivity index (χ4v) is 0.900. The van der Waals surface area contributed by atoms with E-state index in [1.807, 2.05) is 6.07 Å². The first-order chi connectivity index (χ1) is 5.86. The molecule has 0 spiro atoms. The molecule has 0 saturated heterocycles. The molecule has 0 aliphatic rings. The molecule has 0 N–H and O–H groups in total. The topological polar surface area (TPSA) is 49.6 Å². The predicted octanol–water partition coefficient (Wildman–Crippen LogP) is 1.69. The van der Waals surface area contributed by atoms with Crippen molar-refractivity contribution in [3.8, 4) is 6.07 Å². The molecule has 0 amide bonds. The summed E-state index contributed by atoms with van der Waals surface area (Å²) in [5.74, 6) is 0. The van der Waals surface area contributed by atoms with Gasteiger partial charge in [-0.2, -0.15) is 5.26 Å². The minimum atomic E-state index is 0.384. The van der Waals surface area contributed by atoms with E-state index < -0.39 is 0 Å². The molecule has 0 fully saturated rings. The molecule has 62 valence electrons. The summed E-state index contributed by atoms with van der Waals surface area (Å²) in [6.07, 6.45) is 6.43. The van der Waals surface area contributed by atoms with Gasteiger partial charge in [0, 0.05) is 6.20 Å². The monoisotopic (exact) mass is 161 g/mol. The summed E-state index contributed by atoms with van der Waals surface area (Å²) >= 11 is 0. The van der Waals surface area contributed by atoms with Crippen molar-refractivity contribution >= 4 is 0 Å². The lowest BCUT2D eigenvalue weighted by atomic mass is 10.2. The fraction of sp³-hybridized carbons (Fsp3) is 0.444. The summed E-state index contributed by atoms with van der Waals surface area (Å²) in [6.45, 7) is 2.14. The molecule has 1 aromatic heterocycles. The van der Waals surface area contributed by atoms with Crippen LogP contribution in [0.5, 0.6) is 0 Å². The fourth-order valence-electron chi connectivity index (χ4n) is 0.900. The molecule has 0 atom stereocenters. The summed E-state index contributed by atoms with van der Waals surface area (Å²) in [4.78, 5) is 8.03. The molecule has 0 aliphatic heterocycles. The molecule has 1 rings (SSSR count). The Balaban J connectivity index is 2.60. The van der Waals surface area contributed by atoms with Gasteiger partial charge in [-0.25, -0.2) is 4.98 Å². The number of nitriles is 1. The lowest BCUT2D eigenvalue weighted by molar-refractivity contribution is 0.771. The summed E-state index contributed by atoms with van der Waals surface area (Å²) in [7, 11) is 0. The second-order valence-electron chi connectivity index (χ2n) is 2.61. The molecule has 0 aliphatic carbocycles. The molecular weight excluding hydrogens is 150 g/mol. The standard InChI is InChI=1S/C9H11N3/c1-2-3-4-8-6-12-9(5-10)7-11-8/h6-7H,2-4H2,1H3. The van der Waals surface area contributed by atoms with Crippen molar-refractivity contribution in [1.82, 2.24) is 9.97 Å². The number of nitrogens with zero attached hydrogens (tertiary/aromatic N) is 3. The van der Waals surface area contributed by atoms with Gasteiger partial charge < -0.3 is 0 Å². The van der Waals surface area contributed by atoms with Crippen LogP contribution in [-0.4, -0.2) is 9.97 Å². The van der Waals surface area contributed by atoms with E-state index in [-0.39, 0.29) is 0 Å². The number of unbranched alkanes of at least 4 members (excludes halogenated alkanes) is 1. The lowest BCUT2D eigenvalue weighted by Crippen LogP contribution is -1.92. The Morgan fingerprint density at radius 3 is 2.75 bits per heavy atom. The number of hydrogen-bond acceptors (Lipinski definition) is 3. The summed E-state index contributed by atoms with van der Waals surface area (Å²) in [6, 6.07) is 1.94. The van der Waals surface area contributed by atoms with Crippen LogP contribution in [0.4, 0.5) is 0 Å². The molecule has 0 saturated carbocycles. The van der Waals surface area contributed by atoms with Gasteiger partial charge in [0.15, 0.2) is 5.69 Å². The van der Waals surface area contributed by atoms with Crippen LogP contribution in [0.3, 0.4) is 0 Å². The Hall–Kier alpha value is -1.43. The van der Waals surface area contributed by atoms with Gasteiger partial charge >= 0.3 is 0 Å². The van der Waals surface area contributed by atoms with Crippen LogP contribution in [0.2, 0.25) is 0 Å². The summed E-state index contributed by atoms with van der Waals surface area (Å²) in [5, 5.41) is 8.45. The van der Waals surface area contributed by atoms with E-state index >= 15 is 0 Å². The maximum absolute atomic E-state index is 8.45. The van der Waals surface area contributed by atoms with E-state index in [4.69, 9.17) is 5.26 Å². The first-order valence-corrected chi connectivity index (χ1v) is 4.08. The van der Waals surface area contributed by atoms with Crippen molar-refractivity contribution in [3.05, 3.63) is 23.8 Å². The number of aromatic nitrogens is 2. The Bertz CT molecular complexity index is 271.